The first kappa shape index (κ1) is 15.7. The molecule has 0 unspecified atom stereocenters. The van der Waals surface area contributed by atoms with Crippen LogP contribution >= 0.6 is 0 Å². The summed E-state index contributed by atoms with van der Waals surface area (Å²) in [5.41, 5.74) is 0. The molecule has 1 aliphatic heterocycles. The van der Waals surface area contributed by atoms with E-state index in [4.69, 9.17) is 4.74 Å². The Kier molecular flexibility index (Phi) is 5.50. The second-order valence-electron chi connectivity index (χ2n) is 5.43. The van der Waals surface area contributed by atoms with Gasteiger partial charge in [-0.25, -0.2) is 0 Å². The lowest BCUT2D eigenvalue weighted by Crippen LogP contribution is -2.33. The highest BCUT2D eigenvalue weighted by molar-refractivity contribution is 6.05. The van der Waals surface area contributed by atoms with Crippen molar-refractivity contribution in [3.05, 3.63) is 12.2 Å². The van der Waals surface area contributed by atoms with Crippen molar-refractivity contribution in [3.63, 3.8) is 0 Å². The summed E-state index contributed by atoms with van der Waals surface area (Å²) in [6.45, 7) is 1.29. The molecule has 2 aliphatic rings. The van der Waals surface area contributed by atoms with Gasteiger partial charge in [-0.1, -0.05) is 12.2 Å². The zero-order valence-electron chi connectivity index (χ0n) is 12.3. The van der Waals surface area contributed by atoms with Crippen LogP contribution in [0.4, 0.5) is 0 Å². The molecule has 0 aromatic heterocycles. The normalized spacial score (nSPS) is 24.3. The second-order valence-corrected chi connectivity index (χ2v) is 5.43. The molecule has 0 aromatic rings. The maximum atomic E-state index is 12.2. The lowest BCUT2D eigenvalue weighted by Gasteiger charge is -2.14. The molecule has 6 heteroatoms. The summed E-state index contributed by atoms with van der Waals surface area (Å²) in [6, 6.07) is 0. The summed E-state index contributed by atoms with van der Waals surface area (Å²) >= 11 is 0. The molecular weight excluding hydrogens is 272 g/mol. The van der Waals surface area contributed by atoms with Crippen molar-refractivity contribution < 1.29 is 19.1 Å². The predicted molar refractivity (Wildman–Crippen MR) is 76.2 cm³/mol. The lowest BCUT2D eigenvalue weighted by atomic mass is 9.85. The molecule has 1 saturated heterocycles. The minimum Gasteiger partial charge on any atom is -0.383 e. The van der Waals surface area contributed by atoms with Crippen molar-refractivity contribution in [2.24, 2.45) is 11.8 Å². The molecule has 116 valence electrons. The number of carbonyl (C=O) groups excluding carboxylic acids is 3. The molecule has 0 radical (unpaired) electrons. The summed E-state index contributed by atoms with van der Waals surface area (Å²) < 4.78 is 4.84. The summed E-state index contributed by atoms with van der Waals surface area (Å²) in [7, 11) is 1.57. The van der Waals surface area contributed by atoms with Crippen molar-refractivity contribution in [1.82, 2.24) is 10.2 Å². The Labute approximate surface area is 124 Å². The SMILES string of the molecule is COCCNC(=O)CCCN1C(=O)[C@H]2CC=CC[C@@H]2C1=O. The van der Waals surface area contributed by atoms with Gasteiger partial charge in [0.25, 0.3) is 0 Å². The molecule has 1 fully saturated rings. The number of methoxy groups -OCH3 is 1. The van der Waals surface area contributed by atoms with Crippen LogP contribution < -0.4 is 5.32 Å². The van der Waals surface area contributed by atoms with Gasteiger partial charge in [0.05, 0.1) is 18.4 Å². The van der Waals surface area contributed by atoms with E-state index in [1.54, 1.807) is 7.11 Å². The monoisotopic (exact) mass is 294 g/mol. The summed E-state index contributed by atoms with van der Waals surface area (Å²) in [4.78, 5) is 37.3. The van der Waals surface area contributed by atoms with Crippen LogP contribution in [0, 0.1) is 11.8 Å². The summed E-state index contributed by atoms with van der Waals surface area (Å²) in [5.74, 6) is -0.593. The number of hydrogen-bond donors (Lipinski definition) is 1. The van der Waals surface area contributed by atoms with Gasteiger partial charge in [0.2, 0.25) is 17.7 Å². The number of allylic oxidation sites excluding steroid dienone is 2. The van der Waals surface area contributed by atoms with Crippen molar-refractivity contribution in [3.8, 4) is 0 Å². The minimum atomic E-state index is -0.182. The fraction of sp³-hybridized carbons (Fsp3) is 0.667. The number of fused-ring (bicyclic) bond motifs is 1. The average Bonchev–Trinajstić information content (AvgIpc) is 2.73. The highest BCUT2D eigenvalue weighted by Crippen LogP contribution is 2.34. The molecule has 1 N–H and O–H groups in total. The van der Waals surface area contributed by atoms with E-state index in [9.17, 15) is 14.4 Å². The number of nitrogens with zero attached hydrogens (tertiary/aromatic N) is 1. The van der Waals surface area contributed by atoms with Gasteiger partial charge >= 0.3 is 0 Å². The third kappa shape index (κ3) is 3.69. The molecule has 0 bridgehead atoms. The molecule has 2 atom stereocenters. The molecular formula is C15H22N2O4. The number of ether oxygens (including phenoxy) is 1. The Morgan fingerprint density at radius 1 is 1.29 bits per heavy atom. The van der Waals surface area contributed by atoms with Crippen molar-refractivity contribution >= 4 is 17.7 Å². The summed E-state index contributed by atoms with van der Waals surface area (Å²) in [5, 5.41) is 2.72. The Hall–Kier alpha value is -1.69. The van der Waals surface area contributed by atoms with Crippen LogP contribution in [0.25, 0.3) is 0 Å². The van der Waals surface area contributed by atoms with Crippen LogP contribution in [0.2, 0.25) is 0 Å². The zero-order chi connectivity index (χ0) is 15.2. The van der Waals surface area contributed by atoms with Crippen molar-refractivity contribution in [2.75, 3.05) is 26.8 Å². The van der Waals surface area contributed by atoms with Gasteiger partial charge in [0.15, 0.2) is 0 Å². The largest absolute Gasteiger partial charge is 0.383 e. The lowest BCUT2D eigenvalue weighted by molar-refractivity contribution is -0.140. The Balaban J connectivity index is 1.75. The van der Waals surface area contributed by atoms with E-state index in [0.29, 0.717) is 45.4 Å². The van der Waals surface area contributed by atoms with Gasteiger partial charge in [-0.05, 0) is 19.3 Å². The third-order valence-corrected chi connectivity index (χ3v) is 4.01. The quantitative estimate of drug-likeness (QED) is 0.421. The van der Waals surface area contributed by atoms with E-state index in [1.165, 1.54) is 4.90 Å². The first-order chi connectivity index (χ1) is 10.1. The minimum absolute atomic E-state index is 0.0749. The molecule has 0 saturated carbocycles. The van der Waals surface area contributed by atoms with Crippen molar-refractivity contribution in [2.45, 2.75) is 25.7 Å². The molecule has 1 aliphatic carbocycles. The number of hydrogen-bond acceptors (Lipinski definition) is 4. The van der Waals surface area contributed by atoms with Crippen molar-refractivity contribution in [1.29, 1.82) is 0 Å². The van der Waals surface area contributed by atoms with Crippen LogP contribution in [0.5, 0.6) is 0 Å². The number of rotatable bonds is 7. The molecule has 21 heavy (non-hydrogen) atoms. The predicted octanol–water partition coefficient (Wildman–Crippen LogP) is 0.480. The first-order valence-corrected chi connectivity index (χ1v) is 7.41. The van der Waals surface area contributed by atoms with Gasteiger partial charge in [0.1, 0.15) is 0 Å². The number of imide groups is 1. The first-order valence-electron chi connectivity index (χ1n) is 7.41. The number of likely N-dealkylation sites (tertiary alicyclic amines) is 1. The van der Waals surface area contributed by atoms with Gasteiger partial charge in [-0.2, -0.15) is 0 Å². The maximum absolute atomic E-state index is 12.2. The zero-order valence-corrected chi connectivity index (χ0v) is 12.3. The van der Waals surface area contributed by atoms with E-state index in [2.05, 4.69) is 5.32 Å². The fourth-order valence-corrected chi connectivity index (χ4v) is 2.87. The topological polar surface area (TPSA) is 75.7 Å². The van der Waals surface area contributed by atoms with Crippen LogP contribution in [-0.2, 0) is 19.1 Å². The van der Waals surface area contributed by atoms with Gasteiger partial charge < -0.3 is 10.1 Å². The second kappa shape index (κ2) is 7.36. The van der Waals surface area contributed by atoms with E-state index < -0.39 is 0 Å². The Bertz CT molecular complexity index is 421. The smallest absolute Gasteiger partial charge is 0.233 e. The van der Waals surface area contributed by atoms with Crippen LogP contribution in [0.1, 0.15) is 25.7 Å². The summed E-state index contributed by atoms with van der Waals surface area (Å²) in [6.07, 6.45) is 6.07. The van der Waals surface area contributed by atoms with E-state index in [0.717, 1.165) is 0 Å². The van der Waals surface area contributed by atoms with E-state index in [-0.39, 0.29) is 29.6 Å². The van der Waals surface area contributed by atoms with E-state index >= 15 is 0 Å². The standard InChI is InChI=1S/C15H22N2O4/c1-21-10-8-16-13(18)7-4-9-17-14(19)11-5-2-3-6-12(11)15(17)20/h2-3,11-12H,4-10H2,1H3,(H,16,18)/t11-,12-/m0/s1. The molecule has 2 rings (SSSR count). The van der Waals surface area contributed by atoms with Crippen LogP contribution in [0.15, 0.2) is 12.2 Å². The highest BCUT2D eigenvalue weighted by Gasteiger charge is 2.46. The number of amides is 3. The fourth-order valence-electron chi connectivity index (χ4n) is 2.87. The molecule has 1 heterocycles. The Morgan fingerprint density at radius 3 is 2.48 bits per heavy atom. The number of carbonyl (C=O) groups is 3. The molecule has 0 spiro atoms. The Morgan fingerprint density at radius 2 is 1.90 bits per heavy atom. The number of nitrogens with one attached hydrogen (secondary N) is 1. The maximum Gasteiger partial charge on any atom is 0.233 e. The third-order valence-electron chi connectivity index (χ3n) is 4.01. The van der Waals surface area contributed by atoms with Gasteiger partial charge in [-0.3, -0.25) is 19.3 Å². The molecule has 6 nitrogen and oxygen atoms in total. The van der Waals surface area contributed by atoms with Crippen LogP contribution in [0.3, 0.4) is 0 Å². The van der Waals surface area contributed by atoms with E-state index in [1.807, 2.05) is 12.2 Å². The van der Waals surface area contributed by atoms with Crippen LogP contribution in [-0.4, -0.2) is 49.4 Å². The van der Waals surface area contributed by atoms with Gasteiger partial charge in [-0.15, -0.1) is 0 Å². The molecule has 3 amide bonds. The molecule has 0 aromatic carbocycles. The average molecular weight is 294 g/mol. The van der Waals surface area contributed by atoms with Gasteiger partial charge in [0, 0.05) is 26.6 Å². The highest BCUT2D eigenvalue weighted by atomic mass is 16.5.